The Bertz CT molecular complexity index is 1360. The Kier molecular flexibility index (Phi) is 4.90. The molecule has 0 atom stereocenters. The molecule has 7 heteroatoms. The molecule has 0 spiro atoms. The van der Waals surface area contributed by atoms with Crippen LogP contribution >= 0.6 is 11.3 Å². The zero-order valence-electron chi connectivity index (χ0n) is 17.0. The van der Waals surface area contributed by atoms with E-state index in [2.05, 4.69) is 4.98 Å². The van der Waals surface area contributed by atoms with Crippen molar-refractivity contribution in [2.45, 2.75) is 26.3 Å². The highest BCUT2D eigenvalue weighted by Gasteiger charge is 2.24. The van der Waals surface area contributed by atoms with E-state index < -0.39 is 0 Å². The molecule has 2 aromatic carbocycles. The van der Waals surface area contributed by atoms with Crippen LogP contribution in [0.5, 0.6) is 0 Å². The first kappa shape index (κ1) is 19.6. The first-order valence-corrected chi connectivity index (χ1v) is 11.0. The molecule has 3 heterocycles. The number of rotatable bonds is 3. The summed E-state index contributed by atoms with van der Waals surface area (Å²) in [6.07, 6.45) is 3.29. The minimum absolute atomic E-state index is 0.0755. The van der Waals surface area contributed by atoms with Crippen LogP contribution in [0, 0.1) is 12.7 Å². The topological polar surface area (TPSA) is 55.2 Å². The van der Waals surface area contributed by atoms with Gasteiger partial charge in [0.05, 0.1) is 11.7 Å². The summed E-state index contributed by atoms with van der Waals surface area (Å²) in [5.74, 6) is -0.463. The SMILES string of the molecule is Cc1sc2ncn(CC(=O)N3CCCc4ccccc43)c(=O)c2c1-c1ccc(F)cc1. The van der Waals surface area contributed by atoms with Gasteiger partial charge in [0.2, 0.25) is 5.91 Å². The van der Waals surface area contributed by atoms with Crippen molar-refractivity contribution >= 4 is 33.1 Å². The van der Waals surface area contributed by atoms with Crippen LogP contribution in [0.2, 0.25) is 0 Å². The zero-order valence-corrected chi connectivity index (χ0v) is 17.8. The van der Waals surface area contributed by atoms with E-state index in [-0.39, 0.29) is 23.8 Å². The van der Waals surface area contributed by atoms with Crippen LogP contribution in [-0.4, -0.2) is 22.0 Å². The molecule has 0 bridgehead atoms. The van der Waals surface area contributed by atoms with Crippen LogP contribution in [0.1, 0.15) is 16.9 Å². The maximum absolute atomic E-state index is 13.4. The Balaban J connectivity index is 1.54. The molecule has 0 aliphatic carbocycles. The Morgan fingerprint density at radius 2 is 1.94 bits per heavy atom. The number of fused-ring (bicyclic) bond motifs is 2. The molecule has 1 aliphatic heterocycles. The molecule has 1 amide bonds. The highest BCUT2D eigenvalue weighted by Crippen LogP contribution is 2.35. The van der Waals surface area contributed by atoms with Crippen molar-refractivity contribution in [2.75, 3.05) is 11.4 Å². The maximum Gasteiger partial charge on any atom is 0.263 e. The number of amides is 1. The Morgan fingerprint density at radius 1 is 1.16 bits per heavy atom. The molecule has 0 fully saturated rings. The summed E-state index contributed by atoms with van der Waals surface area (Å²) in [4.78, 5) is 34.2. The number of aromatic nitrogens is 2. The fourth-order valence-corrected chi connectivity index (χ4v) is 5.24. The number of thiophene rings is 1. The van der Waals surface area contributed by atoms with E-state index in [4.69, 9.17) is 0 Å². The summed E-state index contributed by atoms with van der Waals surface area (Å²) < 4.78 is 14.8. The van der Waals surface area contributed by atoms with E-state index in [0.717, 1.165) is 40.1 Å². The van der Waals surface area contributed by atoms with Gasteiger partial charge in [-0.2, -0.15) is 0 Å². The Labute approximate surface area is 182 Å². The van der Waals surface area contributed by atoms with Gasteiger partial charge < -0.3 is 4.90 Å². The minimum Gasteiger partial charge on any atom is -0.311 e. The van der Waals surface area contributed by atoms with Crippen LogP contribution < -0.4 is 10.5 Å². The van der Waals surface area contributed by atoms with Gasteiger partial charge in [-0.3, -0.25) is 14.2 Å². The number of carbonyl (C=O) groups excluding carboxylic acids is 1. The van der Waals surface area contributed by atoms with E-state index >= 15 is 0 Å². The number of halogens is 1. The number of anilines is 1. The van der Waals surface area contributed by atoms with Gasteiger partial charge in [-0.25, -0.2) is 9.37 Å². The first-order chi connectivity index (χ1) is 15.0. The highest BCUT2D eigenvalue weighted by atomic mass is 32.1. The quantitative estimate of drug-likeness (QED) is 0.476. The van der Waals surface area contributed by atoms with E-state index in [1.54, 1.807) is 17.0 Å². The van der Waals surface area contributed by atoms with E-state index in [1.165, 1.54) is 34.4 Å². The monoisotopic (exact) mass is 433 g/mol. The fourth-order valence-electron chi connectivity index (χ4n) is 4.24. The normalized spacial score (nSPS) is 13.4. The molecule has 1 aliphatic rings. The minimum atomic E-state index is -0.330. The molecule has 0 radical (unpaired) electrons. The lowest BCUT2D eigenvalue weighted by Crippen LogP contribution is -2.39. The number of benzene rings is 2. The number of aryl methyl sites for hydroxylation is 2. The summed E-state index contributed by atoms with van der Waals surface area (Å²) in [5.41, 5.74) is 3.32. The summed E-state index contributed by atoms with van der Waals surface area (Å²) in [6, 6.07) is 14.0. The Morgan fingerprint density at radius 3 is 2.74 bits per heavy atom. The van der Waals surface area contributed by atoms with Gasteiger partial charge in [-0.1, -0.05) is 30.3 Å². The Hall–Kier alpha value is -3.32. The third kappa shape index (κ3) is 3.45. The highest BCUT2D eigenvalue weighted by molar-refractivity contribution is 7.19. The average molecular weight is 434 g/mol. The van der Waals surface area contributed by atoms with E-state index in [9.17, 15) is 14.0 Å². The van der Waals surface area contributed by atoms with Gasteiger partial charge >= 0.3 is 0 Å². The predicted octanol–water partition coefficient (Wildman–Crippen LogP) is 4.55. The van der Waals surface area contributed by atoms with Crippen molar-refractivity contribution in [3.8, 4) is 11.1 Å². The summed E-state index contributed by atoms with van der Waals surface area (Å²) in [6.45, 7) is 2.48. The number of para-hydroxylation sites is 1. The second-order valence-corrected chi connectivity index (χ2v) is 8.88. The largest absolute Gasteiger partial charge is 0.311 e. The van der Waals surface area contributed by atoms with Gasteiger partial charge in [0.15, 0.2) is 0 Å². The van der Waals surface area contributed by atoms with Crippen molar-refractivity contribution in [3.63, 3.8) is 0 Å². The van der Waals surface area contributed by atoms with Gasteiger partial charge in [0.1, 0.15) is 17.2 Å². The molecular weight excluding hydrogens is 413 g/mol. The van der Waals surface area contributed by atoms with Gasteiger partial charge in [0, 0.05) is 22.7 Å². The molecule has 0 saturated heterocycles. The van der Waals surface area contributed by atoms with Crippen molar-refractivity contribution in [3.05, 3.63) is 81.5 Å². The van der Waals surface area contributed by atoms with Crippen LogP contribution in [0.15, 0.2) is 59.7 Å². The standard InChI is InChI=1S/C24H20FN3O2S/c1-15-21(17-8-10-18(25)11-9-17)22-23(31-15)26-14-27(24(22)30)13-20(29)28-12-4-6-16-5-2-3-7-19(16)28/h2-3,5,7-11,14H,4,6,12-13H2,1H3. The molecule has 4 aromatic rings. The van der Waals surface area contributed by atoms with E-state index in [0.29, 0.717) is 16.8 Å². The molecule has 156 valence electrons. The maximum atomic E-state index is 13.4. The number of hydrogen-bond donors (Lipinski definition) is 0. The third-order valence-electron chi connectivity index (χ3n) is 5.70. The van der Waals surface area contributed by atoms with Crippen LogP contribution in [0.25, 0.3) is 21.3 Å². The van der Waals surface area contributed by atoms with Crippen molar-refractivity contribution in [1.29, 1.82) is 0 Å². The summed E-state index contributed by atoms with van der Waals surface area (Å²) in [7, 11) is 0. The van der Waals surface area contributed by atoms with Gasteiger partial charge in [0.25, 0.3) is 5.56 Å². The predicted molar refractivity (Wildman–Crippen MR) is 121 cm³/mol. The van der Waals surface area contributed by atoms with E-state index in [1.807, 2.05) is 31.2 Å². The van der Waals surface area contributed by atoms with Crippen molar-refractivity contribution < 1.29 is 9.18 Å². The molecule has 0 N–H and O–H groups in total. The smallest absolute Gasteiger partial charge is 0.263 e. The lowest BCUT2D eigenvalue weighted by Gasteiger charge is -2.29. The molecular formula is C24H20FN3O2S. The molecule has 5 rings (SSSR count). The second-order valence-electron chi connectivity index (χ2n) is 7.68. The van der Waals surface area contributed by atoms with Crippen LogP contribution in [0.4, 0.5) is 10.1 Å². The number of carbonyl (C=O) groups is 1. The zero-order chi connectivity index (χ0) is 21.5. The summed E-state index contributed by atoms with van der Waals surface area (Å²) >= 11 is 1.42. The first-order valence-electron chi connectivity index (χ1n) is 10.2. The second kappa shape index (κ2) is 7.74. The number of hydrogen-bond acceptors (Lipinski definition) is 4. The van der Waals surface area contributed by atoms with Crippen molar-refractivity contribution in [1.82, 2.24) is 9.55 Å². The summed E-state index contributed by atoms with van der Waals surface area (Å²) in [5, 5.41) is 0.475. The molecule has 0 saturated carbocycles. The van der Waals surface area contributed by atoms with Gasteiger partial charge in [-0.05, 0) is 49.1 Å². The van der Waals surface area contributed by atoms with Gasteiger partial charge in [-0.15, -0.1) is 11.3 Å². The lowest BCUT2D eigenvalue weighted by atomic mass is 10.0. The van der Waals surface area contributed by atoms with Crippen molar-refractivity contribution in [2.24, 2.45) is 0 Å². The molecule has 2 aromatic heterocycles. The molecule has 31 heavy (non-hydrogen) atoms. The van der Waals surface area contributed by atoms with Crippen LogP contribution in [0.3, 0.4) is 0 Å². The third-order valence-corrected chi connectivity index (χ3v) is 6.72. The molecule has 5 nitrogen and oxygen atoms in total. The lowest BCUT2D eigenvalue weighted by molar-refractivity contribution is -0.119. The van der Waals surface area contributed by atoms with Crippen LogP contribution in [-0.2, 0) is 17.8 Å². The fraction of sp³-hybridized carbons (Fsp3) is 0.208. The average Bonchev–Trinajstić information content (AvgIpc) is 3.12. The number of nitrogens with zero attached hydrogens (tertiary/aromatic N) is 3. The molecule has 0 unspecified atom stereocenters.